The number of carbonyl (C=O) groups is 1. The minimum absolute atomic E-state index is 0.263. The molecule has 4 rings (SSSR count). The predicted octanol–water partition coefficient (Wildman–Crippen LogP) is 3.78. The average molecular weight is 386 g/mol. The summed E-state index contributed by atoms with van der Waals surface area (Å²) >= 11 is 0. The van der Waals surface area contributed by atoms with Crippen LogP contribution in [0.4, 0.5) is 4.79 Å². The quantitative estimate of drug-likeness (QED) is 0.838. The van der Waals surface area contributed by atoms with Crippen LogP contribution < -0.4 is 5.32 Å². The molecule has 0 bridgehead atoms. The molecule has 154 valence electrons. The minimum Gasteiger partial charge on any atom is -0.445 e. The van der Waals surface area contributed by atoms with E-state index in [1.807, 2.05) is 30.3 Å². The second kappa shape index (κ2) is 9.75. The van der Waals surface area contributed by atoms with Crippen LogP contribution in [0, 0.1) is 0 Å². The fourth-order valence-corrected chi connectivity index (χ4v) is 5.25. The molecule has 0 unspecified atom stereocenters. The topological polar surface area (TPSA) is 44.8 Å². The SMILES string of the molecule is O=C(NC1CCC(N2CCN(C3CCCC3)CC2)CC1)OCc1ccccc1. The standard InChI is InChI=1S/C23H35N3O2/c27-23(28-18-19-6-2-1-3-7-19)24-20-10-12-22(13-11-20)26-16-14-25(15-17-26)21-8-4-5-9-21/h1-3,6-7,20-22H,4-5,8-18H2,(H,24,27). The van der Waals surface area contributed by atoms with Crippen LogP contribution >= 0.6 is 0 Å². The lowest BCUT2D eigenvalue weighted by Crippen LogP contribution is -2.54. The number of hydrogen-bond donors (Lipinski definition) is 1. The molecule has 0 atom stereocenters. The minimum atomic E-state index is -0.280. The number of piperazine rings is 1. The Morgan fingerprint density at radius 2 is 1.43 bits per heavy atom. The fourth-order valence-electron chi connectivity index (χ4n) is 5.25. The van der Waals surface area contributed by atoms with Gasteiger partial charge in [0.1, 0.15) is 6.61 Å². The average Bonchev–Trinajstić information content (AvgIpc) is 3.29. The van der Waals surface area contributed by atoms with E-state index in [1.54, 1.807) is 0 Å². The normalized spacial score (nSPS) is 27.6. The molecule has 1 amide bonds. The zero-order valence-corrected chi connectivity index (χ0v) is 17.0. The second-order valence-corrected chi connectivity index (χ2v) is 8.72. The van der Waals surface area contributed by atoms with Gasteiger partial charge in [0.2, 0.25) is 0 Å². The van der Waals surface area contributed by atoms with Crippen molar-refractivity contribution in [2.45, 2.75) is 76.1 Å². The van der Waals surface area contributed by atoms with Crippen molar-refractivity contribution in [1.82, 2.24) is 15.1 Å². The Morgan fingerprint density at radius 1 is 0.857 bits per heavy atom. The number of benzene rings is 1. The van der Waals surface area contributed by atoms with Crippen molar-refractivity contribution in [2.24, 2.45) is 0 Å². The maximum absolute atomic E-state index is 12.1. The van der Waals surface area contributed by atoms with Crippen LogP contribution in [0.3, 0.4) is 0 Å². The highest BCUT2D eigenvalue weighted by molar-refractivity contribution is 5.67. The molecule has 1 aliphatic heterocycles. The van der Waals surface area contributed by atoms with Gasteiger partial charge < -0.3 is 10.1 Å². The highest BCUT2D eigenvalue weighted by atomic mass is 16.5. The largest absolute Gasteiger partial charge is 0.445 e. The summed E-state index contributed by atoms with van der Waals surface area (Å²) < 4.78 is 5.37. The fraction of sp³-hybridized carbons (Fsp3) is 0.696. The summed E-state index contributed by atoms with van der Waals surface area (Å²) in [6, 6.07) is 11.7. The number of nitrogens with zero attached hydrogens (tertiary/aromatic N) is 2. The van der Waals surface area contributed by atoms with Crippen molar-refractivity contribution in [3.8, 4) is 0 Å². The Kier molecular flexibility index (Phi) is 6.86. The van der Waals surface area contributed by atoms with E-state index >= 15 is 0 Å². The summed E-state index contributed by atoms with van der Waals surface area (Å²) in [5.74, 6) is 0. The Balaban J connectivity index is 1.13. The van der Waals surface area contributed by atoms with Gasteiger partial charge in [-0.3, -0.25) is 9.80 Å². The highest BCUT2D eigenvalue weighted by Gasteiger charge is 2.31. The molecule has 0 aromatic heterocycles. The number of hydrogen-bond acceptors (Lipinski definition) is 4. The molecule has 3 aliphatic rings. The van der Waals surface area contributed by atoms with E-state index in [0.717, 1.165) is 24.4 Å². The molecule has 28 heavy (non-hydrogen) atoms. The first-order valence-corrected chi connectivity index (χ1v) is 11.2. The van der Waals surface area contributed by atoms with E-state index in [1.165, 1.54) is 64.7 Å². The molecule has 1 aromatic rings. The third-order valence-corrected chi connectivity index (χ3v) is 6.94. The number of ether oxygens (including phenoxy) is 1. The molecule has 2 saturated carbocycles. The monoisotopic (exact) mass is 385 g/mol. The van der Waals surface area contributed by atoms with Gasteiger partial charge >= 0.3 is 6.09 Å². The number of carbonyl (C=O) groups excluding carboxylic acids is 1. The third kappa shape index (κ3) is 5.26. The highest BCUT2D eigenvalue weighted by Crippen LogP contribution is 2.27. The molecule has 1 heterocycles. The summed E-state index contributed by atoms with van der Waals surface area (Å²) in [5.41, 5.74) is 1.03. The van der Waals surface area contributed by atoms with Crippen molar-refractivity contribution in [3.05, 3.63) is 35.9 Å². The smallest absolute Gasteiger partial charge is 0.407 e. The van der Waals surface area contributed by atoms with Crippen molar-refractivity contribution in [2.75, 3.05) is 26.2 Å². The van der Waals surface area contributed by atoms with Gasteiger partial charge in [-0.25, -0.2) is 4.79 Å². The second-order valence-electron chi connectivity index (χ2n) is 8.72. The van der Waals surface area contributed by atoms with Gasteiger partial charge in [-0.05, 0) is 44.1 Å². The maximum Gasteiger partial charge on any atom is 0.407 e. The van der Waals surface area contributed by atoms with Gasteiger partial charge in [0.15, 0.2) is 0 Å². The Bertz CT molecular complexity index is 602. The number of alkyl carbamates (subject to hydrolysis) is 1. The molecule has 3 fully saturated rings. The van der Waals surface area contributed by atoms with Crippen LogP contribution in [0.15, 0.2) is 30.3 Å². The van der Waals surface area contributed by atoms with Gasteiger partial charge in [-0.15, -0.1) is 0 Å². The molecule has 1 N–H and O–H groups in total. The summed E-state index contributed by atoms with van der Waals surface area (Å²) in [6.07, 6.45) is 9.90. The molecular formula is C23H35N3O2. The lowest BCUT2D eigenvalue weighted by Gasteiger charge is -2.43. The molecule has 1 aromatic carbocycles. The van der Waals surface area contributed by atoms with Gasteiger partial charge in [0.05, 0.1) is 0 Å². The first kappa shape index (κ1) is 19.7. The summed E-state index contributed by atoms with van der Waals surface area (Å²) in [7, 11) is 0. The Hall–Kier alpha value is -1.59. The molecular weight excluding hydrogens is 350 g/mol. The lowest BCUT2D eigenvalue weighted by molar-refractivity contribution is 0.0536. The maximum atomic E-state index is 12.1. The van der Waals surface area contributed by atoms with E-state index in [4.69, 9.17) is 4.74 Å². The van der Waals surface area contributed by atoms with Gasteiger partial charge in [0.25, 0.3) is 0 Å². The lowest BCUT2D eigenvalue weighted by atomic mass is 9.90. The van der Waals surface area contributed by atoms with E-state index in [-0.39, 0.29) is 12.1 Å². The van der Waals surface area contributed by atoms with Crippen molar-refractivity contribution < 1.29 is 9.53 Å². The number of rotatable bonds is 5. The van der Waals surface area contributed by atoms with E-state index in [2.05, 4.69) is 15.1 Å². The van der Waals surface area contributed by atoms with Crippen LogP contribution in [-0.4, -0.2) is 60.2 Å². The van der Waals surface area contributed by atoms with Crippen LogP contribution in [0.1, 0.15) is 56.9 Å². The summed E-state index contributed by atoms with van der Waals surface area (Å²) in [5, 5.41) is 3.07. The van der Waals surface area contributed by atoms with Crippen LogP contribution in [0.25, 0.3) is 0 Å². The van der Waals surface area contributed by atoms with Crippen molar-refractivity contribution >= 4 is 6.09 Å². The first-order chi connectivity index (χ1) is 13.8. The number of amides is 1. The molecule has 0 spiro atoms. The van der Waals surface area contributed by atoms with Crippen LogP contribution in [-0.2, 0) is 11.3 Å². The summed E-state index contributed by atoms with van der Waals surface area (Å²) in [6.45, 7) is 5.27. The van der Waals surface area contributed by atoms with Gasteiger partial charge in [-0.2, -0.15) is 0 Å². The zero-order chi connectivity index (χ0) is 19.2. The van der Waals surface area contributed by atoms with Gasteiger partial charge in [-0.1, -0.05) is 43.2 Å². The molecule has 5 nitrogen and oxygen atoms in total. The summed E-state index contributed by atoms with van der Waals surface area (Å²) in [4.78, 5) is 17.5. The molecule has 5 heteroatoms. The Morgan fingerprint density at radius 3 is 2.04 bits per heavy atom. The predicted molar refractivity (Wildman–Crippen MR) is 111 cm³/mol. The van der Waals surface area contributed by atoms with Crippen molar-refractivity contribution in [3.63, 3.8) is 0 Å². The van der Waals surface area contributed by atoms with Crippen molar-refractivity contribution in [1.29, 1.82) is 0 Å². The first-order valence-electron chi connectivity index (χ1n) is 11.2. The van der Waals surface area contributed by atoms with Gasteiger partial charge in [0, 0.05) is 44.3 Å². The van der Waals surface area contributed by atoms with Crippen LogP contribution in [0.2, 0.25) is 0 Å². The van der Waals surface area contributed by atoms with Crippen LogP contribution in [0.5, 0.6) is 0 Å². The third-order valence-electron chi connectivity index (χ3n) is 6.94. The molecule has 1 saturated heterocycles. The van der Waals surface area contributed by atoms with E-state index in [0.29, 0.717) is 12.6 Å². The molecule has 2 aliphatic carbocycles. The van der Waals surface area contributed by atoms with E-state index in [9.17, 15) is 4.79 Å². The zero-order valence-electron chi connectivity index (χ0n) is 17.0. The van der Waals surface area contributed by atoms with E-state index < -0.39 is 0 Å². The number of nitrogens with one attached hydrogen (secondary N) is 1. The Labute approximate surface area is 169 Å². The molecule has 0 radical (unpaired) electrons.